The lowest BCUT2D eigenvalue weighted by atomic mass is 10.1. The number of aryl methyl sites for hydroxylation is 1. The summed E-state index contributed by atoms with van der Waals surface area (Å²) < 4.78 is 0. The van der Waals surface area contributed by atoms with Crippen LogP contribution in [0.15, 0.2) is 36.4 Å². The van der Waals surface area contributed by atoms with Gasteiger partial charge in [0.25, 0.3) is 0 Å². The third-order valence-electron chi connectivity index (χ3n) is 4.36. The van der Waals surface area contributed by atoms with E-state index in [-0.39, 0.29) is 0 Å². The molecule has 2 aromatic carbocycles. The summed E-state index contributed by atoms with van der Waals surface area (Å²) in [6.07, 6.45) is 2.59. The van der Waals surface area contributed by atoms with Crippen molar-refractivity contribution in [3.05, 3.63) is 47.0 Å². The average Bonchev–Trinajstić information content (AvgIpc) is 3.15. The van der Waals surface area contributed by atoms with E-state index in [1.165, 1.54) is 37.2 Å². The van der Waals surface area contributed by atoms with Crippen molar-refractivity contribution < 1.29 is 0 Å². The smallest absolute Gasteiger partial charge is 0.138 e. The second kappa shape index (κ2) is 5.33. The molecule has 0 aliphatic carbocycles. The van der Waals surface area contributed by atoms with Crippen LogP contribution in [-0.4, -0.2) is 23.1 Å². The third kappa shape index (κ3) is 2.35. The van der Waals surface area contributed by atoms with E-state index in [4.69, 9.17) is 11.6 Å². The molecule has 0 bridgehead atoms. The van der Waals surface area contributed by atoms with Crippen molar-refractivity contribution in [1.82, 2.24) is 9.97 Å². The zero-order chi connectivity index (χ0) is 15.1. The quantitative estimate of drug-likeness (QED) is 0.737. The molecule has 1 aliphatic heterocycles. The number of imidazole rings is 1. The fourth-order valence-corrected chi connectivity index (χ4v) is 3.41. The molecular weight excluding hydrogens is 294 g/mol. The molecular formula is C18H18ClN3. The SMILES string of the molecule is Cc1cc(-c2nc3ccc(Cl)cc3[nH]2)ccc1N1CCCC1. The zero-order valence-corrected chi connectivity index (χ0v) is 13.3. The van der Waals surface area contributed by atoms with Crippen LogP contribution in [0.25, 0.3) is 22.4 Å². The highest BCUT2D eigenvalue weighted by Gasteiger charge is 2.15. The largest absolute Gasteiger partial charge is 0.371 e. The molecule has 3 aromatic rings. The predicted octanol–water partition coefficient (Wildman–Crippen LogP) is 4.79. The standard InChI is InChI=1S/C18H18ClN3/c1-12-10-13(4-7-17(12)22-8-2-3-9-22)18-20-15-6-5-14(19)11-16(15)21-18/h4-7,10-11H,2-3,8-9H2,1H3,(H,20,21). The van der Waals surface area contributed by atoms with Crippen LogP contribution >= 0.6 is 11.6 Å². The van der Waals surface area contributed by atoms with Gasteiger partial charge in [0.05, 0.1) is 11.0 Å². The van der Waals surface area contributed by atoms with Gasteiger partial charge in [0.2, 0.25) is 0 Å². The first-order valence-corrected chi connectivity index (χ1v) is 8.10. The van der Waals surface area contributed by atoms with E-state index in [1.807, 2.05) is 18.2 Å². The van der Waals surface area contributed by atoms with E-state index in [0.29, 0.717) is 0 Å². The molecule has 0 unspecified atom stereocenters. The minimum atomic E-state index is 0.725. The molecule has 22 heavy (non-hydrogen) atoms. The van der Waals surface area contributed by atoms with Crippen LogP contribution in [0, 0.1) is 6.92 Å². The number of halogens is 1. The van der Waals surface area contributed by atoms with Gasteiger partial charge in [-0.05, 0) is 61.7 Å². The summed E-state index contributed by atoms with van der Waals surface area (Å²) in [5.74, 6) is 0.897. The molecule has 0 amide bonds. The highest BCUT2D eigenvalue weighted by Crippen LogP contribution is 2.29. The molecule has 0 radical (unpaired) electrons. The summed E-state index contributed by atoms with van der Waals surface area (Å²) in [5, 5.41) is 0.725. The molecule has 0 spiro atoms. The second-order valence-corrected chi connectivity index (χ2v) is 6.38. The second-order valence-electron chi connectivity index (χ2n) is 5.94. The van der Waals surface area contributed by atoms with Crippen LogP contribution in [0.4, 0.5) is 5.69 Å². The maximum atomic E-state index is 6.04. The highest BCUT2D eigenvalue weighted by molar-refractivity contribution is 6.31. The van der Waals surface area contributed by atoms with Crippen LogP contribution in [0.5, 0.6) is 0 Å². The van der Waals surface area contributed by atoms with Crippen molar-refractivity contribution in [3.63, 3.8) is 0 Å². The molecule has 4 heteroatoms. The van der Waals surface area contributed by atoms with Gasteiger partial charge < -0.3 is 9.88 Å². The lowest BCUT2D eigenvalue weighted by Crippen LogP contribution is -2.18. The van der Waals surface area contributed by atoms with Crippen molar-refractivity contribution in [2.45, 2.75) is 19.8 Å². The summed E-state index contributed by atoms with van der Waals surface area (Å²) in [4.78, 5) is 10.5. The molecule has 2 heterocycles. The van der Waals surface area contributed by atoms with Gasteiger partial charge in [0.1, 0.15) is 5.82 Å². The van der Waals surface area contributed by atoms with Gasteiger partial charge in [-0.3, -0.25) is 0 Å². The van der Waals surface area contributed by atoms with Crippen LogP contribution in [-0.2, 0) is 0 Å². The van der Waals surface area contributed by atoms with Gasteiger partial charge in [0, 0.05) is 29.4 Å². The third-order valence-corrected chi connectivity index (χ3v) is 4.60. The summed E-state index contributed by atoms with van der Waals surface area (Å²) in [5.41, 5.74) is 5.69. The molecule has 1 aliphatic rings. The molecule has 0 atom stereocenters. The van der Waals surface area contributed by atoms with Crippen LogP contribution in [0.1, 0.15) is 18.4 Å². The average molecular weight is 312 g/mol. The Morgan fingerprint density at radius 3 is 2.68 bits per heavy atom. The number of H-pyrrole nitrogens is 1. The van der Waals surface area contributed by atoms with E-state index in [1.54, 1.807) is 0 Å². The summed E-state index contributed by atoms with van der Waals surface area (Å²) in [6, 6.07) is 12.3. The van der Waals surface area contributed by atoms with Gasteiger partial charge >= 0.3 is 0 Å². The Morgan fingerprint density at radius 1 is 1.09 bits per heavy atom. The van der Waals surface area contributed by atoms with Crippen molar-refractivity contribution in [1.29, 1.82) is 0 Å². The topological polar surface area (TPSA) is 31.9 Å². The normalized spacial score (nSPS) is 14.9. The number of nitrogens with zero attached hydrogens (tertiary/aromatic N) is 2. The molecule has 1 N–H and O–H groups in total. The maximum absolute atomic E-state index is 6.04. The van der Waals surface area contributed by atoms with Gasteiger partial charge in [-0.1, -0.05) is 11.6 Å². The Balaban J connectivity index is 1.73. The first kappa shape index (κ1) is 13.6. The van der Waals surface area contributed by atoms with Gasteiger partial charge in [0.15, 0.2) is 0 Å². The number of nitrogens with one attached hydrogen (secondary N) is 1. The Bertz CT molecular complexity index is 831. The lowest BCUT2D eigenvalue weighted by molar-refractivity contribution is 0.949. The number of fused-ring (bicyclic) bond motifs is 1. The molecule has 1 fully saturated rings. The van der Waals surface area contributed by atoms with Gasteiger partial charge in [-0.25, -0.2) is 4.98 Å². The van der Waals surface area contributed by atoms with Crippen molar-refractivity contribution in [2.75, 3.05) is 18.0 Å². The Kier molecular flexibility index (Phi) is 3.30. The summed E-state index contributed by atoms with van der Waals surface area (Å²) >= 11 is 6.04. The number of aromatic nitrogens is 2. The van der Waals surface area contributed by atoms with E-state index in [9.17, 15) is 0 Å². The molecule has 0 saturated carbocycles. The summed E-state index contributed by atoms with van der Waals surface area (Å²) in [6.45, 7) is 4.52. The molecule has 4 rings (SSSR count). The number of benzene rings is 2. The zero-order valence-electron chi connectivity index (χ0n) is 12.6. The number of aromatic amines is 1. The van der Waals surface area contributed by atoms with Crippen molar-refractivity contribution >= 4 is 28.3 Å². The number of hydrogen-bond donors (Lipinski definition) is 1. The minimum absolute atomic E-state index is 0.725. The fraction of sp³-hybridized carbons (Fsp3) is 0.278. The lowest BCUT2D eigenvalue weighted by Gasteiger charge is -2.20. The highest BCUT2D eigenvalue weighted by atomic mass is 35.5. The number of rotatable bonds is 2. The van der Waals surface area contributed by atoms with Gasteiger partial charge in [-0.15, -0.1) is 0 Å². The Morgan fingerprint density at radius 2 is 1.91 bits per heavy atom. The van der Waals surface area contributed by atoms with E-state index >= 15 is 0 Å². The first-order chi connectivity index (χ1) is 10.7. The fourth-order valence-electron chi connectivity index (χ4n) is 3.23. The molecule has 1 saturated heterocycles. The van der Waals surface area contributed by atoms with E-state index < -0.39 is 0 Å². The summed E-state index contributed by atoms with van der Waals surface area (Å²) in [7, 11) is 0. The Labute approximate surface area is 134 Å². The Hall–Kier alpha value is -2.00. The van der Waals surface area contributed by atoms with Crippen LogP contribution in [0.3, 0.4) is 0 Å². The molecule has 3 nitrogen and oxygen atoms in total. The minimum Gasteiger partial charge on any atom is -0.371 e. The van der Waals surface area contributed by atoms with Gasteiger partial charge in [-0.2, -0.15) is 0 Å². The van der Waals surface area contributed by atoms with Crippen LogP contribution < -0.4 is 4.90 Å². The van der Waals surface area contributed by atoms with E-state index in [0.717, 1.165) is 27.4 Å². The van der Waals surface area contributed by atoms with E-state index in [2.05, 4.69) is 40.0 Å². The van der Waals surface area contributed by atoms with Crippen molar-refractivity contribution in [2.24, 2.45) is 0 Å². The van der Waals surface area contributed by atoms with Crippen LogP contribution in [0.2, 0.25) is 5.02 Å². The maximum Gasteiger partial charge on any atom is 0.138 e. The number of anilines is 1. The molecule has 112 valence electrons. The molecule has 1 aromatic heterocycles. The number of hydrogen-bond acceptors (Lipinski definition) is 2. The van der Waals surface area contributed by atoms with Crippen molar-refractivity contribution in [3.8, 4) is 11.4 Å². The monoisotopic (exact) mass is 311 g/mol. The predicted molar refractivity (Wildman–Crippen MR) is 92.7 cm³/mol. The first-order valence-electron chi connectivity index (χ1n) is 7.72.